The van der Waals surface area contributed by atoms with Gasteiger partial charge in [0.05, 0.1) is 0 Å². The molecule has 2 unspecified atom stereocenters. The first-order chi connectivity index (χ1) is 4.77. The SMILES string of the molecule is CC1SCC2NC(=O)N[C-]21.[K+]. The van der Waals surface area contributed by atoms with Crippen LogP contribution in [0.5, 0.6) is 0 Å². The molecular weight excluding hydrogens is 187 g/mol. The summed E-state index contributed by atoms with van der Waals surface area (Å²) in [4.78, 5) is 10.7. The van der Waals surface area contributed by atoms with Crippen LogP contribution in [-0.4, -0.2) is 23.1 Å². The molecule has 2 aliphatic heterocycles. The van der Waals surface area contributed by atoms with Crippen molar-refractivity contribution >= 4 is 17.8 Å². The van der Waals surface area contributed by atoms with Crippen LogP contribution in [0.4, 0.5) is 4.79 Å². The van der Waals surface area contributed by atoms with Crippen molar-refractivity contribution in [2.24, 2.45) is 0 Å². The van der Waals surface area contributed by atoms with Crippen LogP contribution in [0.25, 0.3) is 0 Å². The standard InChI is InChI=1S/C6H9N2OS.K/c1-3-5-4(2-10-3)7-6(9)8-5;/h3-4H,2H2,1H3,(H2,7,8,9);/q-1;+1. The van der Waals surface area contributed by atoms with Crippen LogP contribution in [-0.2, 0) is 0 Å². The van der Waals surface area contributed by atoms with Crippen molar-refractivity contribution in [3.63, 3.8) is 0 Å². The fourth-order valence-electron chi connectivity index (χ4n) is 1.34. The topological polar surface area (TPSA) is 41.1 Å². The van der Waals surface area contributed by atoms with Crippen molar-refractivity contribution < 1.29 is 56.2 Å². The van der Waals surface area contributed by atoms with Crippen molar-refractivity contribution in [3.8, 4) is 0 Å². The van der Waals surface area contributed by atoms with Crippen molar-refractivity contribution in [1.82, 2.24) is 10.6 Å². The summed E-state index contributed by atoms with van der Waals surface area (Å²) in [5.74, 6) is 1.02. The summed E-state index contributed by atoms with van der Waals surface area (Å²) in [7, 11) is 0. The van der Waals surface area contributed by atoms with Gasteiger partial charge >= 0.3 is 51.4 Å². The second kappa shape index (κ2) is 3.98. The predicted molar refractivity (Wildman–Crippen MR) is 40.6 cm³/mol. The molecular formula is C6H9KN2OS. The van der Waals surface area contributed by atoms with Gasteiger partial charge in [0.15, 0.2) is 0 Å². The summed E-state index contributed by atoms with van der Waals surface area (Å²) in [6.45, 7) is 2.12. The number of hydrogen-bond acceptors (Lipinski definition) is 2. The Bertz CT molecular complexity index is 178. The van der Waals surface area contributed by atoms with E-state index >= 15 is 0 Å². The number of rotatable bonds is 0. The molecule has 5 heteroatoms. The number of fused-ring (bicyclic) bond motifs is 1. The number of urea groups is 1. The van der Waals surface area contributed by atoms with Gasteiger partial charge in [-0.15, -0.1) is 5.25 Å². The molecule has 0 aromatic carbocycles. The quantitative estimate of drug-likeness (QED) is 0.252. The Labute approximate surface area is 113 Å². The molecule has 2 heterocycles. The third-order valence-corrected chi connectivity index (χ3v) is 3.17. The zero-order chi connectivity index (χ0) is 7.14. The van der Waals surface area contributed by atoms with E-state index in [0.717, 1.165) is 11.8 Å². The molecule has 0 aromatic rings. The molecule has 3 nitrogen and oxygen atoms in total. The minimum atomic E-state index is -0.0350. The van der Waals surface area contributed by atoms with Gasteiger partial charge in [0.2, 0.25) is 0 Å². The van der Waals surface area contributed by atoms with E-state index in [-0.39, 0.29) is 57.4 Å². The van der Waals surface area contributed by atoms with Gasteiger partial charge in [-0.3, -0.25) is 4.79 Å². The summed E-state index contributed by atoms with van der Waals surface area (Å²) >= 11 is 1.88. The maximum absolute atomic E-state index is 10.7. The number of hydrogen-bond donors (Lipinski definition) is 2. The normalized spacial score (nSPS) is 35.5. The van der Waals surface area contributed by atoms with Crippen LogP contribution in [0.1, 0.15) is 6.92 Å². The Balaban J connectivity index is 0.000000605. The van der Waals surface area contributed by atoms with Gasteiger partial charge in [0, 0.05) is 0 Å². The molecule has 0 aromatic heterocycles. The average Bonchev–Trinajstić information content (AvgIpc) is 2.35. The molecule has 2 fully saturated rings. The van der Waals surface area contributed by atoms with Crippen molar-refractivity contribution in [2.75, 3.05) is 5.75 Å². The predicted octanol–water partition coefficient (Wildman–Crippen LogP) is -2.66. The molecule has 0 aliphatic carbocycles. The first-order valence-corrected chi connectivity index (χ1v) is 4.38. The van der Waals surface area contributed by atoms with Crippen LogP contribution >= 0.6 is 11.8 Å². The molecule has 0 bridgehead atoms. The van der Waals surface area contributed by atoms with E-state index in [9.17, 15) is 4.79 Å². The van der Waals surface area contributed by atoms with Crippen LogP contribution in [0, 0.1) is 6.04 Å². The summed E-state index contributed by atoms with van der Waals surface area (Å²) in [6.07, 6.45) is 0. The van der Waals surface area contributed by atoms with E-state index in [1.54, 1.807) is 0 Å². The van der Waals surface area contributed by atoms with Gasteiger partial charge in [-0.25, -0.2) is 0 Å². The molecule has 2 atom stereocenters. The van der Waals surface area contributed by atoms with E-state index in [4.69, 9.17) is 0 Å². The Morgan fingerprint density at radius 3 is 3.09 bits per heavy atom. The zero-order valence-electron chi connectivity index (χ0n) is 6.68. The number of carbonyl (C=O) groups excluding carboxylic acids is 1. The molecule has 2 saturated heterocycles. The van der Waals surface area contributed by atoms with Crippen LogP contribution in [0.15, 0.2) is 0 Å². The fourth-order valence-corrected chi connectivity index (χ4v) is 2.48. The molecule has 2 rings (SSSR count). The van der Waals surface area contributed by atoms with Crippen molar-refractivity contribution in [3.05, 3.63) is 6.04 Å². The molecule has 56 valence electrons. The third kappa shape index (κ3) is 1.95. The molecule has 2 N–H and O–H groups in total. The molecule has 0 spiro atoms. The first kappa shape index (κ1) is 10.3. The smallest absolute Gasteiger partial charge is 0.482 e. The van der Waals surface area contributed by atoms with Crippen LogP contribution in [0.3, 0.4) is 0 Å². The first-order valence-electron chi connectivity index (χ1n) is 3.33. The minimum absolute atomic E-state index is 0. The van der Waals surface area contributed by atoms with Gasteiger partial charge in [-0.05, 0) is 5.75 Å². The van der Waals surface area contributed by atoms with E-state index in [1.165, 1.54) is 0 Å². The van der Waals surface area contributed by atoms with Crippen LogP contribution < -0.4 is 62.0 Å². The van der Waals surface area contributed by atoms with E-state index in [1.807, 2.05) is 11.8 Å². The van der Waals surface area contributed by atoms with Gasteiger partial charge in [-0.2, -0.15) is 17.8 Å². The Morgan fingerprint density at radius 2 is 2.45 bits per heavy atom. The monoisotopic (exact) mass is 196 g/mol. The van der Waals surface area contributed by atoms with Gasteiger partial charge in [0.25, 0.3) is 6.03 Å². The third-order valence-electron chi connectivity index (χ3n) is 1.89. The summed E-state index contributed by atoms with van der Waals surface area (Å²) in [5, 5.41) is 6.14. The molecule has 11 heavy (non-hydrogen) atoms. The van der Waals surface area contributed by atoms with E-state index in [2.05, 4.69) is 17.6 Å². The van der Waals surface area contributed by atoms with Gasteiger partial charge < -0.3 is 10.6 Å². The summed E-state index contributed by atoms with van der Waals surface area (Å²) in [6, 6.07) is 1.43. The molecule has 0 saturated carbocycles. The summed E-state index contributed by atoms with van der Waals surface area (Å²) in [5.41, 5.74) is 0. The molecule has 0 radical (unpaired) electrons. The Kier molecular flexibility index (Phi) is 3.74. The zero-order valence-corrected chi connectivity index (χ0v) is 10.6. The Hall–Kier alpha value is 1.26. The number of carbonyl (C=O) groups is 1. The maximum atomic E-state index is 10.7. The average molecular weight is 196 g/mol. The van der Waals surface area contributed by atoms with Crippen molar-refractivity contribution in [2.45, 2.75) is 18.2 Å². The number of thioether (sulfide) groups is 1. The fraction of sp³-hybridized carbons (Fsp3) is 0.667. The second-order valence-corrected chi connectivity index (χ2v) is 3.96. The van der Waals surface area contributed by atoms with Gasteiger partial charge in [-0.1, -0.05) is 13.0 Å². The maximum Gasteiger partial charge on any atom is 1.00 e. The number of amides is 2. The van der Waals surface area contributed by atoms with Crippen molar-refractivity contribution in [1.29, 1.82) is 0 Å². The van der Waals surface area contributed by atoms with Gasteiger partial charge in [0.1, 0.15) is 0 Å². The Morgan fingerprint density at radius 1 is 1.73 bits per heavy atom. The largest absolute Gasteiger partial charge is 1.00 e. The molecule has 2 aliphatic rings. The van der Waals surface area contributed by atoms with E-state index < -0.39 is 0 Å². The van der Waals surface area contributed by atoms with Crippen LogP contribution in [0.2, 0.25) is 0 Å². The molecule has 2 amide bonds. The summed E-state index contributed by atoms with van der Waals surface area (Å²) < 4.78 is 0. The second-order valence-electron chi connectivity index (χ2n) is 2.58. The number of nitrogens with one attached hydrogen (secondary N) is 2. The van der Waals surface area contributed by atoms with E-state index in [0.29, 0.717) is 11.3 Å². The minimum Gasteiger partial charge on any atom is -0.482 e.